The Morgan fingerprint density at radius 2 is 2.05 bits per heavy atom. The van der Waals surface area contributed by atoms with E-state index >= 15 is 0 Å². The largest absolute Gasteiger partial charge is 0.508 e. The van der Waals surface area contributed by atoms with Crippen LogP contribution in [0.15, 0.2) is 30.5 Å². The van der Waals surface area contributed by atoms with Crippen molar-refractivity contribution in [3.63, 3.8) is 0 Å². The van der Waals surface area contributed by atoms with Crippen LogP contribution in [0.2, 0.25) is 0 Å². The van der Waals surface area contributed by atoms with E-state index < -0.39 is 5.97 Å². The average molecular weight is 303 g/mol. The lowest BCUT2D eigenvalue weighted by Gasteiger charge is -2.29. The second-order valence-corrected chi connectivity index (χ2v) is 5.93. The summed E-state index contributed by atoms with van der Waals surface area (Å²) >= 11 is 0. The lowest BCUT2D eigenvalue weighted by atomic mass is 9.99. The number of phenolic OH excluding ortho intramolecular Hbond substituents is 1. The Bertz CT molecular complexity index is 659. The number of ether oxygens (including phenoxy) is 1. The molecule has 2 aromatic rings. The van der Waals surface area contributed by atoms with Crippen LogP contribution >= 0.6 is 0 Å². The third-order valence-electron chi connectivity index (χ3n) is 3.62. The molecule has 1 aliphatic heterocycles. The van der Waals surface area contributed by atoms with Crippen LogP contribution < -0.4 is 0 Å². The van der Waals surface area contributed by atoms with Crippen LogP contribution in [0.4, 0.5) is 0 Å². The zero-order chi connectivity index (χ0) is 16.2. The van der Waals surface area contributed by atoms with Gasteiger partial charge in [-0.25, -0.2) is 4.79 Å². The number of carboxylic acid groups (broad SMARTS) is 1. The fourth-order valence-corrected chi connectivity index (χ4v) is 2.39. The Morgan fingerprint density at radius 1 is 1.27 bits per heavy atom. The van der Waals surface area contributed by atoms with Crippen molar-refractivity contribution in [3.05, 3.63) is 36.0 Å². The first-order chi connectivity index (χ1) is 10.4. The van der Waals surface area contributed by atoms with E-state index in [1.165, 1.54) is 43.7 Å². The van der Waals surface area contributed by atoms with Crippen LogP contribution in [0.3, 0.4) is 0 Å². The van der Waals surface area contributed by atoms with Crippen molar-refractivity contribution in [2.24, 2.45) is 0 Å². The summed E-state index contributed by atoms with van der Waals surface area (Å²) in [6, 6.07) is 5.86. The summed E-state index contributed by atoms with van der Waals surface area (Å²) in [7, 11) is 0. The molecule has 22 heavy (non-hydrogen) atoms. The summed E-state index contributed by atoms with van der Waals surface area (Å²) in [5.41, 5.74) is 0.881. The summed E-state index contributed by atoms with van der Waals surface area (Å²) < 4.78 is 5.47. The van der Waals surface area contributed by atoms with Crippen molar-refractivity contribution >= 4 is 16.9 Å². The number of carboxylic acids is 1. The Morgan fingerprint density at radius 3 is 2.59 bits per heavy atom. The van der Waals surface area contributed by atoms with Gasteiger partial charge in [0.15, 0.2) is 0 Å². The minimum atomic E-state index is -1.02. The highest BCUT2D eigenvalue weighted by molar-refractivity contribution is 6.02. The van der Waals surface area contributed by atoms with Crippen molar-refractivity contribution < 1.29 is 19.7 Å². The molecule has 0 aliphatic carbocycles. The van der Waals surface area contributed by atoms with E-state index in [0.717, 1.165) is 6.61 Å². The Balaban J connectivity index is 0.000000188. The van der Waals surface area contributed by atoms with E-state index in [-0.39, 0.29) is 16.9 Å². The van der Waals surface area contributed by atoms with Crippen LogP contribution in [0.25, 0.3) is 10.9 Å². The standard InChI is InChI=1S/C10H7NO3.C7H14O/c12-6-1-2-9-8(5-6)7(10(13)14)3-4-11-9;1-7(2)5-3-4-6-8-7/h1-5,12H,(H,13,14);3-6H2,1-2H3. The minimum Gasteiger partial charge on any atom is -0.508 e. The van der Waals surface area contributed by atoms with Crippen LogP contribution in [0.1, 0.15) is 43.5 Å². The molecule has 1 aliphatic rings. The summed E-state index contributed by atoms with van der Waals surface area (Å²) in [5.74, 6) is -0.990. The molecule has 1 aromatic heterocycles. The maximum atomic E-state index is 10.8. The molecule has 118 valence electrons. The van der Waals surface area contributed by atoms with Gasteiger partial charge >= 0.3 is 5.97 Å². The number of carbonyl (C=O) groups is 1. The number of hydrogen-bond acceptors (Lipinski definition) is 4. The van der Waals surface area contributed by atoms with E-state index in [4.69, 9.17) is 9.84 Å². The Hall–Kier alpha value is -2.14. The smallest absolute Gasteiger partial charge is 0.336 e. The van der Waals surface area contributed by atoms with Crippen molar-refractivity contribution in [1.29, 1.82) is 0 Å². The molecule has 0 atom stereocenters. The van der Waals surface area contributed by atoms with Crippen LogP contribution in [0.5, 0.6) is 5.75 Å². The molecule has 1 fully saturated rings. The van der Waals surface area contributed by atoms with Gasteiger partial charge in [-0.1, -0.05) is 0 Å². The molecule has 5 nitrogen and oxygen atoms in total. The normalized spacial score (nSPS) is 16.6. The van der Waals surface area contributed by atoms with Crippen LogP contribution in [0, 0.1) is 0 Å². The fraction of sp³-hybridized carbons (Fsp3) is 0.412. The minimum absolute atomic E-state index is 0.0352. The number of nitrogens with zero attached hydrogens (tertiary/aromatic N) is 1. The van der Waals surface area contributed by atoms with Gasteiger partial charge in [-0.05, 0) is 57.4 Å². The zero-order valence-electron chi connectivity index (χ0n) is 12.9. The highest BCUT2D eigenvalue weighted by atomic mass is 16.5. The van der Waals surface area contributed by atoms with Gasteiger partial charge in [0.2, 0.25) is 0 Å². The van der Waals surface area contributed by atoms with E-state index in [2.05, 4.69) is 18.8 Å². The number of aromatic nitrogens is 1. The summed E-state index contributed by atoms with van der Waals surface area (Å²) in [4.78, 5) is 14.8. The maximum Gasteiger partial charge on any atom is 0.336 e. The monoisotopic (exact) mass is 303 g/mol. The molecule has 0 radical (unpaired) electrons. The first-order valence-electron chi connectivity index (χ1n) is 7.34. The number of hydrogen-bond donors (Lipinski definition) is 2. The SMILES string of the molecule is CC1(C)CCCCO1.O=C(O)c1ccnc2ccc(O)cc12. The Kier molecular flexibility index (Phi) is 4.98. The van der Waals surface area contributed by atoms with Gasteiger partial charge in [0.25, 0.3) is 0 Å². The highest BCUT2D eigenvalue weighted by Gasteiger charge is 2.20. The molecular formula is C17H21NO4. The van der Waals surface area contributed by atoms with Crippen LogP contribution in [-0.2, 0) is 4.74 Å². The maximum absolute atomic E-state index is 10.8. The number of aromatic hydroxyl groups is 1. The van der Waals surface area contributed by atoms with Gasteiger partial charge < -0.3 is 14.9 Å². The number of phenols is 1. The molecule has 1 saturated heterocycles. The van der Waals surface area contributed by atoms with Crippen molar-refractivity contribution in [2.75, 3.05) is 6.61 Å². The van der Waals surface area contributed by atoms with E-state index in [9.17, 15) is 9.90 Å². The molecule has 0 spiro atoms. The predicted octanol–water partition coefficient (Wildman–Crippen LogP) is 3.60. The van der Waals surface area contributed by atoms with Crippen molar-refractivity contribution in [3.8, 4) is 5.75 Å². The predicted molar refractivity (Wildman–Crippen MR) is 84.2 cm³/mol. The summed E-state index contributed by atoms with van der Waals surface area (Å²) in [5, 5.41) is 18.5. The highest BCUT2D eigenvalue weighted by Crippen LogP contribution is 2.23. The molecule has 2 N–H and O–H groups in total. The quantitative estimate of drug-likeness (QED) is 0.841. The second-order valence-electron chi connectivity index (χ2n) is 5.93. The van der Waals surface area contributed by atoms with Crippen LogP contribution in [-0.4, -0.2) is 33.4 Å². The molecular weight excluding hydrogens is 282 g/mol. The second kappa shape index (κ2) is 6.75. The van der Waals surface area contributed by atoms with Gasteiger partial charge in [-0.2, -0.15) is 0 Å². The third kappa shape index (κ3) is 4.18. The molecule has 0 bridgehead atoms. The molecule has 0 amide bonds. The fourth-order valence-electron chi connectivity index (χ4n) is 2.39. The lowest BCUT2D eigenvalue weighted by molar-refractivity contribution is -0.0511. The summed E-state index contributed by atoms with van der Waals surface area (Å²) in [6.45, 7) is 5.28. The average Bonchev–Trinajstić information content (AvgIpc) is 2.46. The first-order valence-corrected chi connectivity index (χ1v) is 7.34. The zero-order valence-corrected chi connectivity index (χ0v) is 12.9. The van der Waals surface area contributed by atoms with E-state index in [1.807, 2.05) is 0 Å². The van der Waals surface area contributed by atoms with Crippen molar-refractivity contribution in [1.82, 2.24) is 4.98 Å². The molecule has 3 rings (SSSR count). The Labute approximate surface area is 129 Å². The number of aromatic carboxylic acids is 1. The number of fused-ring (bicyclic) bond motifs is 1. The molecule has 1 aromatic carbocycles. The van der Waals surface area contributed by atoms with Gasteiger partial charge in [0.1, 0.15) is 5.75 Å². The molecule has 2 heterocycles. The lowest BCUT2D eigenvalue weighted by Crippen LogP contribution is -2.28. The van der Waals surface area contributed by atoms with Gasteiger partial charge in [-0.15, -0.1) is 0 Å². The number of rotatable bonds is 1. The third-order valence-corrected chi connectivity index (χ3v) is 3.62. The van der Waals surface area contributed by atoms with E-state index in [0.29, 0.717) is 10.9 Å². The van der Waals surface area contributed by atoms with E-state index in [1.54, 1.807) is 6.07 Å². The van der Waals surface area contributed by atoms with Gasteiger partial charge in [0, 0.05) is 18.2 Å². The molecule has 0 unspecified atom stereocenters. The molecule has 5 heteroatoms. The first kappa shape index (κ1) is 16.2. The van der Waals surface area contributed by atoms with Gasteiger partial charge in [0.05, 0.1) is 16.7 Å². The number of pyridine rings is 1. The van der Waals surface area contributed by atoms with Crippen molar-refractivity contribution in [2.45, 2.75) is 38.7 Å². The van der Waals surface area contributed by atoms with Gasteiger partial charge in [-0.3, -0.25) is 4.98 Å². The topological polar surface area (TPSA) is 79.7 Å². The molecule has 0 saturated carbocycles. The number of benzene rings is 1. The summed E-state index contributed by atoms with van der Waals surface area (Å²) in [6.07, 6.45) is 5.26.